The van der Waals surface area contributed by atoms with Crippen molar-refractivity contribution < 1.29 is 19.1 Å². The van der Waals surface area contributed by atoms with Crippen molar-refractivity contribution in [1.82, 2.24) is 4.98 Å². The number of nitrogens with one attached hydrogen (secondary N) is 1. The first-order valence-electron chi connectivity index (χ1n) is 5.90. The van der Waals surface area contributed by atoms with Gasteiger partial charge in [0, 0.05) is 11.5 Å². The molecule has 7 heteroatoms. The second kappa shape index (κ2) is 6.27. The van der Waals surface area contributed by atoms with E-state index < -0.39 is 17.7 Å². The molecule has 2 aromatic rings. The number of nitrogens with zero attached hydrogens (tertiary/aromatic N) is 1. The standard InChI is InChI=1S/C14H11FN2O3S/c1-8-16-10(7-21-8)3-5-13(18)17-12-4-2-9(15)6-11(12)14(19)20/h2-7H,1H3,(H,17,18)(H,19,20)/b5-3+. The second-order valence-corrected chi connectivity index (χ2v) is 5.17. The summed E-state index contributed by atoms with van der Waals surface area (Å²) in [5.74, 6) is -2.52. The number of thiazole rings is 1. The first kappa shape index (κ1) is 14.9. The molecule has 0 radical (unpaired) electrons. The molecule has 0 unspecified atom stereocenters. The lowest BCUT2D eigenvalue weighted by molar-refractivity contribution is -0.111. The van der Waals surface area contributed by atoms with E-state index in [0.29, 0.717) is 5.69 Å². The van der Waals surface area contributed by atoms with E-state index in [0.717, 1.165) is 17.1 Å². The Labute approximate surface area is 123 Å². The summed E-state index contributed by atoms with van der Waals surface area (Å²) in [5.41, 5.74) is 0.375. The molecule has 21 heavy (non-hydrogen) atoms. The summed E-state index contributed by atoms with van der Waals surface area (Å²) >= 11 is 1.45. The van der Waals surface area contributed by atoms with E-state index in [-0.39, 0.29) is 11.3 Å². The zero-order valence-corrected chi connectivity index (χ0v) is 11.8. The van der Waals surface area contributed by atoms with Crippen molar-refractivity contribution in [2.75, 3.05) is 5.32 Å². The highest BCUT2D eigenvalue weighted by molar-refractivity contribution is 7.09. The summed E-state index contributed by atoms with van der Waals surface area (Å²) < 4.78 is 13.0. The number of benzene rings is 1. The van der Waals surface area contributed by atoms with Crippen LogP contribution >= 0.6 is 11.3 Å². The molecule has 0 aliphatic heterocycles. The van der Waals surface area contributed by atoms with E-state index in [1.165, 1.54) is 29.6 Å². The summed E-state index contributed by atoms with van der Waals surface area (Å²) in [7, 11) is 0. The van der Waals surface area contributed by atoms with Gasteiger partial charge < -0.3 is 10.4 Å². The van der Waals surface area contributed by atoms with E-state index in [9.17, 15) is 14.0 Å². The predicted octanol–water partition coefficient (Wildman–Crippen LogP) is 2.94. The Morgan fingerprint density at radius 3 is 2.81 bits per heavy atom. The van der Waals surface area contributed by atoms with E-state index in [1.54, 1.807) is 5.38 Å². The average molecular weight is 306 g/mol. The van der Waals surface area contributed by atoms with E-state index in [4.69, 9.17) is 5.11 Å². The molecule has 0 saturated carbocycles. The number of halogens is 1. The number of hydrogen-bond donors (Lipinski definition) is 2. The number of amides is 1. The Balaban J connectivity index is 2.13. The molecule has 0 saturated heterocycles. The van der Waals surface area contributed by atoms with Gasteiger partial charge in [0.2, 0.25) is 5.91 Å². The Bertz CT molecular complexity index is 725. The van der Waals surface area contributed by atoms with Crippen LogP contribution in [-0.2, 0) is 4.79 Å². The Hall–Kier alpha value is -2.54. The SMILES string of the molecule is Cc1nc(/C=C/C(=O)Nc2ccc(F)cc2C(=O)O)cs1. The van der Waals surface area contributed by atoms with Gasteiger partial charge in [-0.2, -0.15) is 0 Å². The number of carboxylic acid groups (broad SMARTS) is 1. The zero-order chi connectivity index (χ0) is 15.4. The van der Waals surface area contributed by atoms with Gasteiger partial charge in [0.25, 0.3) is 0 Å². The lowest BCUT2D eigenvalue weighted by Crippen LogP contribution is -2.12. The number of aromatic carboxylic acids is 1. The molecule has 1 heterocycles. The molecule has 0 spiro atoms. The van der Waals surface area contributed by atoms with Crippen LogP contribution in [0.1, 0.15) is 21.1 Å². The highest BCUT2D eigenvalue weighted by atomic mass is 32.1. The van der Waals surface area contributed by atoms with Gasteiger partial charge in [-0.15, -0.1) is 11.3 Å². The van der Waals surface area contributed by atoms with Gasteiger partial charge >= 0.3 is 5.97 Å². The third-order valence-corrected chi connectivity index (χ3v) is 3.30. The maximum Gasteiger partial charge on any atom is 0.337 e. The molecule has 1 amide bonds. The minimum atomic E-state index is -1.32. The molecule has 0 fully saturated rings. The van der Waals surface area contributed by atoms with E-state index >= 15 is 0 Å². The summed E-state index contributed by atoms with van der Waals surface area (Å²) in [4.78, 5) is 26.9. The van der Waals surface area contributed by atoms with Gasteiger partial charge in [-0.05, 0) is 31.2 Å². The van der Waals surface area contributed by atoms with E-state index in [2.05, 4.69) is 10.3 Å². The number of aromatic nitrogens is 1. The normalized spacial score (nSPS) is 10.8. The fraction of sp³-hybridized carbons (Fsp3) is 0.0714. The van der Waals surface area contributed by atoms with Crippen LogP contribution in [0.3, 0.4) is 0 Å². The van der Waals surface area contributed by atoms with Crippen LogP contribution in [0.15, 0.2) is 29.7 Å². The van der Waals surface area contributed by atoms with Crippen molar-refractivity contribution in [2.45, 2.75) is 6.92 Å². The van der Waals surface area contributed by atoms with Gasteiger partial charge in [-0.1, -0.05) is 0 Å². The van der Waals surface area contributed by atoms with Gasteiger partial charge in [-0.3, -0.25) is 4.79 Å². The molecule has 0 bridgehead atoms. The predicted molar refractivity (Wildman–Crippen MR) is 77.9 cm³/mol. The molecule has 0 aliphatic rings. The number of hydrogen-bond acceptors (Lipinski definition) is 4. The largest absolute Gasteiger partial charge is 0.478 e. The highest BCUT2D eigenvalue weighted by Crippen LogP contribution is 2.17. The quantitative estimate of drug-likeness (QED) is 0.851. The number of rotatable bonds is 4. The minimum absolute atomic E-state index is 0.0352. The maximum absolute atomic E-state index is 13.0. The number of anilines is 1. The van der Waals surface area contributed by atoms with Crippen LogP contribution in [0.5, 0.6) is 0 Å². The molecular weight excluding hydrogens is 295 g/mol. The molecule has 5 nitrogen and oxygen atoms in total. The second-order valence-electron chi connectivity index (χ2n) is 4.11. The number of carbonyl (C=O) groups is 2. The Morgan fingerprint density at radius 1 is 1.43 bits per heavy atom. The summed E-state index contributed by atoms with van der Waals surface area (Å²) in [6, 6.07) is 3.14. The van der Waals surface area contributed by atoms with Crippen LogP contribution < -0.4 is 5.32 Å². The van der Waals surface area contributed by atoms with Crippen molar-refractivity contribution in [3.8, 4) is 0 Å². The third kappa shape index (κ3) is 3.96. The number of carbonyl (C=O) groups excluding carboxylic acids is 1. The van der Waals surface area contributed by atoms with Crippen molar-refractivity contribution in [3.63, 3.8) is 0 Å². The lowest BCUT2D eigenvalue weighted by atomic mass is 10.1. The van der Waals surface area contributed by atoms with Crippen LogP contribution in [0.4, 0.5) is 10.1 Å². The fourth-order valence-corrected chi connectivity index (χ4v) is 2.18. The van der Waals surface area contributed by atoms with Crippen molar-refractivity contribution in [2.24, 2.45) is 0 Å². The van der Waals surface area contributed by atoms with Crippen molar-refractivity contribution in [3.05, 3.63) is 51.7 Å². The Kier molecular flexibility index (Phi) is 4.44. The number of carboxylic acids is 1. The first-order valence-corrected chi connectivity index (χ1v) is 6.77. The van der Waals surface area contributed by atoms with Crippen molar-refractivity contribution >= 4 is 35.0 Å². The first-order chi connectivity index (χ1) is 9.95. The Morgan fingerprint density at radius 2 is 2.19 bits per heavy atom. The van der Waals surface area contributed by atoms with Gasteiger partial charge in [0.1, 0.15) is 5.82 Å². The molecule has 0 atom stereocenters. The van der Waals surface area contributed by atoms with Crippen LogP contribution in [-0.4, -0.2) is 22.0 Å². The number of aryl methyl sites for hydroxylation is 1. The third-order valence-electron chi connectivity index (χ3n) is 2.51. The summed E-state index contributed by atoms with van der Waals surface area (Å²) in [5, 5.41) is 14.0. The molecule has 2 N–H and O–H groups in total. The van der Waals surface area contributed by atoms with Crippen molar-refractivity contribution in [1.29, 1.82) is 0 Å². The molecular formula is C14H11FN2O3S. The van der Waals surface area contributed by atoms with Crippen LogP contribution in [0.2, 0.25) is 0 Å². The zero-order valence-electron chi connectivity index (χ0n) is 11.0. The fourth-order valence-electron chi connectivity index (χ4n) is 1.59. The van der Waals surface area contributed by atoms with Gasteiger partial charge in [0.15, 0.2) is 0 Å². The highest BCUT2D eigenvalue weighted by Gasteiger charge is 2.12. The monoisotopic (exact) mass is 306 g/mol. The van der Waals surface area contributed by atoms with Gasteiger partial charge in [0.05, 0.1) is 22.0 Å². The smallest absolute Gasteiger partial charge is 0.337 e. The average Bonchev–Trinajstić information content (AvgIpc) is 2.84. The summed E-state index contributed by atoms with van der Waals surface area (Å²) in [6.45, 7) is 1.85. The van der Waals surface area contributed by atoms with Crippen LogP contribution in [0, 0.1) is 12.7 Å². The maximum atomic E-state index is 13.0. The lowest BCUT2D eigenvalue weighted by Gasteiger charge is -2.06. The summed E-state index contributed by atoms with van der Waals surface area (Å²) in [6.07, 6.45) is 2.76. The minimum Gasteiger partial charge on any atom is -0.478 e. The molecule has 1 aromatic heterocycles. The van der Waals surface area contributed by atoms with Crippen LogP contribution in [0.25, 0.3) is 6.08 Å². The molecule has 108 valence electrons. The van der Waals surface area contributed by atoms with Gasteiger partial charge in [-0.25, -0.2) is 14.2 Å². The molecule has 2 rings (SSSR count). The molecule has 1 aromatic carbocycles. The van der Waals surface area contributed by atoms with E-state index in [1.807, 2.05) is 6.92 Å². The topological polar surface area (TPSA) is 79.3 Å². The molecule has 0 aliphatic carbocycles.